The van der Waals surface area contributed by atoms with Crippen molar-refractivity contribution in [3.63, 3.8) is 0 Å². The second-order valence-corrected chi connectivity index (χ2v) is 2.73. The van der Waals surface area contributed by atoms with E-state index < -0.39 is 5.97 Å². The standard InChI is InChI=1S/C8H13N3O2/c1-5-6(4-9)7(8(12)13-3)10-11(5)2/h4,9H2,1-3H3. The van der Waals surface area contributed by atoms with Crippen LogP contribution in [-0.2, 0) is 18.3 Å². The van der Waals surface area contributed by atoms with Crippen molar-refractivity contribution < 1.29 is 9.53 Å². The molecule has 0 bridgehead atoms. The SMILES string of the molecule is COC(=O)c1nn(C)c(C)c1CN. The predicted molar refractivity (Wildman–Crippen MR) is 47.2 cm³/mol. The van der Waals surface area contributed by atoms with Gasteiger partial charge in [0.05, 0.1) is 7.11 Å². The third kappa shape index (κ3) is 1.55. The zero-order chi connectivity index (χ0) is 10.0. The second kappa shape index (κ2) is 3.57. The number of hydrogen-bond donors (Lipinski definition) is 1. The third-order valence-electron chi connectivity index (χ3n) is 2.04. The summed E-state index contributed by atoms with van der Waals surface area (Å²) in [4.78, 5) is 11.2. The topological polar surface area (TPSA) is 70.1 Å². The minimum absolute atomic E-state index is 0.296. The summed E-state index contributed by atoms with van der Waals surface area (Å²) < 4.78 is 6.20. The van der Waals surface area contributed by atoms with E-state index in [0.29, 0.717) is 12.2 Å². The Kier molecular flexibility index (Phi) is 2.67. The van der Waals surface area contributed by atoms with Crippen LogP contribution in [0.2, 0.25) is 0 Å². The van der Waals surface area contributed by atoms with Gasteiger partial charge >= 0.3 is 5.97 Å². The van der Waals surface area contributed by atoms with E-state index in [1.165, 1.54) is 7.11 Å². The highest BCUT2D eigenvalue weighted by Gasteiger charge is 2.18. The molecule has 0 unspecified atom stereocenters. The first-order valence-electron chi connectivity index (χ1n) is 3.92. The lowest BCUT2D eigenvalue weighted by Crippen LogP contribution is -2.08. The zero-order valence-corrected chi connectivity index (χ0v) is 8.00. The predicted octanol–water partition coefficient (Wildman–Crippen LogP) is -0.0262. The Balaban J connectivity index is 3.21. The Morgan fingerprint density at radius 2 is 2.31 bits per heavy atom. The maximum Gasteiger partial charge on any atom is 0.358 e. The molecule has 0 aromatic carbocycles. The van der Waals surface area contributed by atoms with Crippen molar-refractivity contribution in [2.75, 3.05) is 7.11 Å². The number of nitrogens with two attached hydrogens (primary N) is 1. The molecule has 0 aliphatic rings. The summed E-state index contributed by atoms with van der Waals surface area (Å²) in [7, 11) is 3.09. The molecule has 0 atom stereocenters. The fourth-order valence-corrected chi connectivity index (χ4v) is 1.16. The zero-order valence-electron chi connectivity index (χ0n) is 8.00. The van der Waals surface area contributed by atoms with Gasteiger partial charge in [-0.1, -0.05) is 0 Å². The first kappa shape index (κ1) is 9.73. The van der Waals surface area contributed by atoms with E-state index in [-0.39, 0.29) is 0 Å². The van der Waals surface area contributed by atoms with Crippen LogP contribution in [0.1, 0.15) is 21.7 Å². The molecule has 72 valence electrons. The molecule has 0 saturated heterocycles. The van der Waals surface area contributed by atoms with Crippen molar-refractivity contribution in [2.24, 2.45) is 12.8 Å². The maximum atomic E-state index is 11.2. The van der Waals surface area contributed by atoms with E-state index in [0.717, 1.165) is 11.3 Å². The Bertz CT molecular complexity index is 330. The van der Waals surface area contributed by atoms with Crippen molar-refractivity contribution in [3.05, 3.63) is 17.0 Å². The molecule has 1 aromatic heterocycles. The van der Waals surface area contributed by atoms with Gasteiger partial charge in [0, 0.05) is 24.8 Å². The van der Waals surface area contributed by atoms with E-state index in [4.69, 9.17) is 5.73 Å². The summed E-state index contributed by atoms with van der Waals surface area (Å²) in [6.45, 7) is 2.16. The quantitative estimate of drug-likeness (QED) is 0.654. The van der Waals surface area contributed by atoms with Crippen LogP contribution < -0.4 is 5.73 Å². The summed E-state index contributed by atoms with van der Waals surface area (Å²) in [5.41, 5.74) is 7.44. The molecule has 5 heteroatoms. The number of rotatable bonds is 2. The van der Waals surface area contributed by atoms with E-state index in [1.807, 2.05) is 6.92 Å². The van der Waals surface area contributed by atoms with Crippen molar-refractivity contribution >= 4 is 5.97 Å². The summed E-state index contributed by atoms with van der Waals surface area (Å²) in [5, 5.41) is 4.01. The fraction of sp³-hybridized carbons (Fsp3) is 0.500. The maximum absolute atomic E-state index is 11.2. The number of ether oxygens (including phenoxy) is 1. The summed E-state index contributed by atoms with van der Waals surface area (Å²) in [6, 6.07) is 0. The molecular formula is C8H13N3O2. The van der Waals surface area contributed by atoms with Crippen LogP contribution in [0.4, 0.5) is 0 Å². The molecule has 0 fully saturated rings. The highest BCUT2D eigenvalue weighted by molar-refractivity contribution is 5.89. The molecule has 0 spiro atoms. The van der Waals surface area contributed by atoms with E-state index >= 15 is 0 Å². The second-order valence-electron chi connectivity index (χ2n) is 2.73. The minimum atomic E-state index is -0.441. The van der Waals surface area contributed by atoms with Crippen LogP contribution in [0.25, 0.3) is 0 Å². The molecule has 13 heavy (non-hydrogen) atoms. The van der Waals surface area contributed by atoms with Crippen molar-refractivity contribution in [1.29, 1.82) is 0 Å². The smallest absolute Gasteiger partial charge is 0.358 e. The lowest BCUT2D eigenvalue weighted by molar-refractivity contribution is 0.0592. The average Bonchev–Trinajstić information content (AvgIpc) is 2.42. The van der Waals surface area contributed by atoms with Gasteiger partial charge in [-0.05, 0) is 6.92 Å². The largest absolute Gasteiger partial charge is 0.464 e. The number of carbonyl (C=O) groups is 1. The van der Waals surface area contributed by atoms with Crippen LogP contribution in [0.5, 0.6) is 0 Å². The van der Waals surface area contributed by atoms with Crippen molar-refractivity contribution in [3.8, 4) is 0 Å². The Labute approximate surface area is 76.5 Å². The number of aryl methyl sites for hydroxylation is 1. The fourth-order valence-electron chi connectivity index (χ4n) is 1.16. The molecule has 1 heterocycles. The first-order valence-corrected chi connectivity index (χ1v) is 3.92. The lowest BCUT2D eigenvalue weighted by atomic mass is 10.2. The number of carbonyl (C=O) groups excluding carboxylic acids is 1. The molecular weight excluding hydrogens is 170 g/mol. The van der Waals surface area contributed by atoms with Gasteiger partial charge in [0.2, 0.25) is 0 Å². The molecule has 2 N–H and O–H groups in total. The monoisotopic (exact) mass is 183 g/mol. The lowest BCUT2D eigenvalue weighted by Gasteiger charge is -1.97. The van der Waals surface area contributed by atoms with Gasteiger partial charge in [-0.25, -0.2) is 4.79 Å². The summed E-state index contributed by atoms with van der Waals surface area (Å²) >= 11 is 0. The van der Waals surface area contributed by atoms with Crippen LogP contribution in [0.3, 0.4) is 0 Å². The molecule has 5 nitrogen and oxygen atoms in total. The highest BCUT2D eigenvalue weighted by Crippen LogP contribution is 2.12. The average molecular weight is 183 g/mol. The van der Waals surface area contributed by atoms with Crippen LogP contribution >= 0.6 is 0 Å². The van der Waals surface area contributed by atoms with Gasteiger partial charge in [-0.2, -0.15) is 5.10 Å². The third-order valence-corrected chi connectivity index (χ3v) is 2.04. The Hall–Kier alpha value is -1.36. The van der Waals surface area contributed by atoms with Crippen LogP contribution in [0.15, 0.2) is 0 Å². The molecule has 1 aromatic rings. The molecule has 0 aliphatic heterocycles. The number of esters is 1. The van der Waals surface area contributed by atoms with Gasteiger partial charge in [0.1, 0.15) is 0 Å². The van der Waals surface area contributed by atoms with Gasteiger partial charge in [-0.15, -0.1) is 0 Å². The molecule has 0 saturated carbocycles. The van der Waals surface area contributed by atoms with Gasteiger partial charge < -0.3 is 10.5 Å². The number of nitrogens with zero attached hydrogens (tertiary/aromatic N) is 2. The van der Waals surface area contributed by atoms with E-state index in [9.17, 15) is 4.79 Å². The van der Waals surface area contributed by atoms with Crippen molar-refractivity contribution in [1.82, 2.24) is 9.78 Å². The summed E-state index contributed by atoms with van der Waals surface area (Å²) in [6.07, 6.45) is 0. The summed E-state index contributed by atoms with van der Waals surface area (Å²) in [5.74, 6) is -0.441. The highest BCUT2D eigenvalue weighted by atomic mass is 16.5. The molecule has 1 rings (SSSR count). The normalized spacial score (nSPS) is 10.2. The molecule has 0 aliphatic carbocycles. The van der Waals surface area contributed by atoms with Gasteiger partial charge in [0.25, 0.3) is 0 Å². The van der Waals surface area contributed by atoms with E-state index in [1.54, 1.807) is 11.7 Å². The molecule has 0 radical (unpaired) electrons. The number of hydrogen-bond acceptors (Lipinski definition) is 4. The minimum Gasteiger partial charge on any atom is -0.464 e. The van der Waals surface area contributed by atoms with E-state index in [2.05, 4.69) is 9.84 Å². The number of aromatic nitrogens is 2. The Morgan fingerprint density at radius 3 is 2.77 bits per heavy atom. The van der Waals surface area contributed by atoms with Crippen LogP contribution in [-0.4, -0.2) is 22.9 Å². The number of methoxy groups -OCH3 is 1. The van der Waals surface area contributed by atoms with Crippen molar-refractivity contribution in [2.45, 2.75) is 13.5 Å². The molecule has 0 amide bonds. The van der Waals surface area contributed by atoms with Gasteiger partial charge in [-0.3, -0.25) is 4.68 Å². The first-order chi connectivity index (χ1) is 6.11. The van der Waals surface area contributed by atoms with Gasteiger partial charge in [0.15, 0.2) is 5.69 Å². The Morgan fingerprint density at radius 1 is 1.69 bits per heavy atom. The van der Waals surface area contributed by atoms with Crippen LogP contribution in [0, 0.1) is 6.92 Å².